The van der Waals surface area contributed by atoms with Gasteiger partial charge in [-0.15, -0.1) is 0 Å². The molecule has 1 aromatic carbocycles. The third-order valence-corrected chi connectivity index (χ3v) is 3.36. The zero-order valence-electron chi connectivity index (χ0n) is 11.9. The minimum Gasteiger partial charge on any atom is -0.491 e. The van der Waals surface area contributed by atoms with Crippen molar-refractivity contribution in [2.45, 2.75) is 19.8 Å². The summed E-state index contributed by atoms with van der Waals surface area (Å²) >= 11 is 0. The number of carbonyl (C=O) groups excluding carboxylic acids is 1. The molecule has 0 aliphatic carbocycles. The van der Waals surface area contributed by atoms with Crippen LogP contribution in [-0.2, 0) is 4.74 Å². The highest BCUT2D eigenvalue weighted by Gasteiger charge is 2.15. The van der Waals surface area contributed by atoms with E-state index in [0.717, 1.165) is 19.6 Å². The van der Waals surface area contributed by atoms with Crippen molar-refractivity contribution in [2.24, 2.45) is 0 Å². The Morgan fingerprint density at radius 2 is 2.10 bits per heavy atom. The summed E-state index contributed by atoms with van der Waals surface area (Å²) in [5.41, 5.74) is 6.76. The average molecular weight is 278 g/mol. The normalized spacial score (nSPS) is 15.2. The topological polar surface area (TPSA) is 64.8 Å². The molecular weight excluding hydrogens is 256 g/mol. The Bertz CT molecular complexity index is 456. The van der Waals surface area contributed by atoms with E-state index in [1.807, 2.05) is 0 Å². The summed E-state index contributed by atoms with van der Waals surface area (Å²) in [5, 5.41) is 0. The maximum absolute atomic E-state index is 11.8. The SMILES string of the molecule is CCOC(=O)c1ccc(N)cc1OCCN1CCCC1. The van der Waals surface area contributed by atoms with Crippen LogP contribution in [-0.4, -0.2) is 43.7 Å². The van der Waals surface area contributed by atoms with Gasteiger partial charge in [0.1, 0.15) is 17.9 Å². The minimum absolute atomic E-state index is 0.344. The summed E-state index contributed by atoms with van der Waals surface area (Å²) in [5.74, 6) is 0.131. The molecular formula is C15H22N2O3. The van der Waals surface area contributed by atoms with E-state index in [2.05, 4.69) is 4.90 Å². The first kappa shape index (κ1) is 14.7. The fourth-order valence-corrected chi connectivity index (χ4v) is 2.33. The molecule has 110 valence electrons. The van der Waals surface area contributed by atoms with Crippen LogP contribution in [0, 0.1) is 0 Å². The van der Waals surface area contributed by atoms with Gasteiger partial charge in [0.05, 0.1) is 6.61 Å². The zero-order valence-corrected chi connectivity index (χ0v) is 11.9. The molecule has 0 atom stereocenters. The summed E-state index contributed by atoms with van der Waals surface area (Å²) in [6.45, 7) is 5.81. The molecule has 5 nitrogen and oxygen atoms in total. The third-order valence-electron chi connectivity index (χ3n) is 3.36. The van der Waals surface area contributed by atoms with Gasteiger partial charge in [-0.25, -0.2) is 4.79 Å². The minimum atomic E-state index is -0.372. The highest BCUT2D eigenvalue weighted by molar-refractivity contribution is 5.93. The van der Waals surface area contributed by atoms with Gasteiger partial charge in [-0.05, 0) is 45.0 Å². The number of nitrogen functional groups attached to an aromatic ring is 1. The first-order chi connectivity index (χ1) is 9.70. The Morgan fingerprint density at radius 3 is 2.80 bits per heavy atom. The van der Waals surface area contributed by atoms with E-state index >= 15 is 0 Å². The largest absolute Gasteiger partial charge is 0.491 e. The van der Waals surface area contributed by atoms with Crippen LogP contribution in [0.1, 0.15) is 30.1 Å². The smallest absolute Gasteiger partial charge is 0.341 e. The van der Waals surface area contributed by atoms with Crippen molar-refractivity contribution in [2.75, 3.05) is 38.6 Å². The number of hydrogen-bond acceptors (Lipinski definition) is 5. The number of nitrogens with zero attached hydrogens (tertiary/aromatic N) is 1. The lowest BCUT2D eigenvalue weighted by molar-refractivity contribution is 0.0521. The Kier molecular flexibility index (Phi) is 5.24. The van der Waals surface area contributed by atoms with E-state index in [1.165, 1.54) is 12.8 Å². The first-order valence-electron chi connectivity index (χ1n) is 7.12. The lowest BCUT2D eigenvalue weighted by atomic mass is 10.2. The van der Waals surface area contributed by atoms with Crippen LogP contribution in [0.2, 0.25) is 0 Å². The van der Waals surface area contributed by atoms with Crippen molar-refractivity contribution in [3.05, 3.63) is 23.8 Å². The summed E-state index contributed by atoms with van der Waals surface area (Å²) in [6.07, 6.45) is 2.51. The van der Waals surface area contributed by atoms with Gasteiger partial charge in [0.2, 0.25) is 0 Å². The van der Waals surface area contributed by atoms with Crippen molar-refractivity contribution in [1.29, 1.82) is 0 Å². The fourth-order valence-electron chi connectivity index (χ4n) is 2.33. The molecule has 1 aromatic rings. The van der Waals surface area contributed by atoms with Gasteiger partial charge < -0.3 is 15.2 Å². The molecule has 0 bridgehead atoms. The number of rotatable bonds is 6. The predicted molar refractivity (Wildman–Crippen MR) is 78.0 cm³/mol. The predicted octanol–water partition coefficient (Wildman–Crippen LogP) is 1.92. The van der Waals surface area contributed by atoms with Crippen molar-refractivity contribution >= 4 is 11.7 Å². The average Bonchev–Trinajstić information content (AvgIpc) is 2.92. The molecule has 0 unspecified atom stereocenters. The zero-order chi connectivity index (χ0) is 14.4. The number of hydrogen-bond donors (Lipinski definition) is 1. The van der Waals surface area contributed by atoms with Crippen LogP contribution >= 0.6 is 0 Å². The molecule has 2 rings (SSSR count). The molecule has 20 heavy (non-hydrogen) atoms. The van der Waals surface area contributed by atoms with E-state index in [1.54, 1.807) is 25.1 Å². The lowest BCUT2D eigenvalue weighted by Gasteiger charge is -2.16. The third kappa shape index (κ3) is 3.87. The maximum atomic E-state index is 11.8. The highest BCUT2D eigenvalue weighted by atomic mass is 16.5. The van der Waals surface area contributed by atoms with E-state index in [9.17, 15) is 4.79 Å². The number of ether oxygens (including phenoxy) is 2. The number of nitrogens with two attached hydrogens (primary N) is 1. The fraction of sp³-hybridized carbons (Fsp3) is 0.533. The summed E-state index contributed by atoms with van der Waals surface area (Å²) < 4.78 is 10.7. The number of esters is 1. The molecule has 1 aliphatic heterocycles. The van der Waals surface area contributed by atoms with Crippen LogP contribution in [0.15, 0.2) is 18.2 Å². The van der Waals surface area contributed by atoms with E-state index in [4.69, 9.17) is 15.2 Å². The lowest BCUT2D eigenvalue weighted by Crippen LogP contribution is -2.25. The van der Waals surface area contributed by atoms with Crippen LogP contribution in [0.25, 0.3) is 0 Å². The first-order valence-corrected chi connectivity index (χ1v) is 7.12. The molecule has 0 amide bonds. The van der Waals surface area contributed by atoms with E-state index in [0.29, 0.717) is 30.2 Å². The molecule has 0 saturated carbocycles. The van der Waals surface area contributed by atoms with Crippen molar-refractivity contribution in [1.82, 2.24) is 4.90 Å². The van der Waals surface area contributed by atoms with Crippen molar-refractivity contribution in [3.63, 3.8) is 0 Å². The Balaban J connectivity index is 1.97. The van der Waals surface area contributed by atoms with Crippen LogP contribution < -0.4 is 10.5 Å². The van der Waals surface area contributed by atoms with Crippen molar-refractivity contribution < 1.29 is 14.3 Å². The van der Waals surface area contributed by atoms with Gasteiger partial charge >= 0.3 is 5.97 Å². The van der Waals surface area contributed by atoms with Gasteiger partial charge in [0.25, 0.3) is 0 Å². The molecule has 0 spiro atoms. The van der Waals surface area contributed by atoms with E-state index < -0.39 is 0 Å². The second-order valence-corrected chi connectivity index (χ2v) is 4.87. The van der Waals surface area contributed by atoms with Crippen LogP contribution in [0.3, 0.4) is 0 Å². The molecule has 1 heterocycles. The van der Waals surface area contributed by atoms with Gasteiger partial charge in [-0.2, -0.15) is 0 Å². The molecule has 1 fully saturated rings. The Hall–Kier alpha value is -1.75. The molecule has 2 N–H and O–H groups in total. The van der Waals surface area contributed by atoms with Gasteiger partial charge in [0, 0.05) is 18.3 Å². The standard InChI is InChI=1S/C15H22N2O3/c1-2-19-15(18)13-6-5-12(16)11-14(13)20-10-9-17-7-3-4-8-17/h5-6,11H,2-4,7-10,16H2,1H3. The highest BCUT2D eigenvalue weighted by Crippen LogP contribution is 2.23. The Morgan fingerprint density at radius 1 is 1.35 bits per heavy atom. The van der Waals surface area contributed by atoms with Crippen LogP contribution in [0.4, 0.5) is 5.69 Å². The van der Waals surface area contributed by atoms with Gasteiger partial charge in [0.15, 0.2) is 0 Å². The quantitative estimate of drug-likeness (QED) is 0.636. The second kappa shape index (κ2) is 7.14. The summed E-state index contributed by atoms with van der Waals surface area (Å²) in [7, 11) is 0. The molecule has 1 saturated heterocycles. The van der Waals surface area contributed by atoms with Gasteiger partial charge in [-0.1, -0.05) is 0 Å². The van der Waals surface area contributed by atoms with E-state index in [-0.39, 0.29) is 5.97 Å². The molecule has 1 aliphatic rings. The van der Waals surface area contributed by atoms with Crippen molar-refractivity contribution in [3.8, 4) is 5.75 Å². The summed E-state index contributed by atoms with van der Waals surface area (Å²) in [6, 6.07) is 5.01. The molecule has 5 heteroatoms. The number of anilines is 1. The molecule has 0 aromatic heterocycles. The second-order valence-electron chi connectivity index (χ2n) is 4.87. The molecule has 0 radical (unpaired) electrons. The number of carbonyl (C=O) groups is 1. The van der Waals surface area contributed by atoms with Crippen LogP contribution in [0.5, 0.6) is 5.75 Å². The van der Waals surface area contributed by atoms with Gasteiger partial charge in [-0.3, -0.25) is 4.90 Å². The summed E-state index contributed by atoms with van der Waals surface area (Å²) in [4.78, 5) is 14.2. The number of benzene rings is 1. The number of likely N-dealkylation sites (tertiary alicyclic amines) is 1. The maximum Gasteiger partial charge on any atom is 0.341 e. The Labute approximate surface area is 119 Å². The monoisotopic (exact) mass is 278 g/mol.